The fraction of sp³-hybridized carbons (Fsp3) is 0.467. The molecule has 1 heterocycles. The quantitative estimate of drug-likeness (QED) is 0.642. The largest absolute Gasteiger partial charge is 0.297 e. The highest BCUT2D eigenvalue weighted by molar-refractivity contribution is 5.78. The topological polar surface area (TPSA) is 47.9 Å². The summed E-state index contributed by atoms with van der Waals surface area (Å²) in [5, 5.41) is 3.75. The minimum absolute atomic E-state index is 0.0420. The fourth-order valence-electron chi connectivity index (χ4n) is 2.32. The van der Waals surface area contributed by atoms with Gasteiger partial charge in [0.2, 0.25) is 0 Å². The second-order valence-electron chi connectivity index (χ2n) is 4.96. The monoisotopic (exact) mass is 274 g/mol. The Morgan fingerprint density at radius 1 is 1.20 bits per heavy atom. The molecule has 1 saturated heterocycles. The molecule has 1 aliphatic rings. The summed E-state index contributed by atoms with van der Waals surface area (Å²) in [6.45, 7) is 7.05. The minimum atomic E-state index is -0.0420. The van der Waals surface area contributed by atoms with Crippen molar-refractivity contribution in [3.05, 3.63) is 35.9 Å². The number of hydrazone groups is 1. The number of hydrogen-bond donors (Lipinski definition) is 1. The average molecular weight is 274 g/mol. The van der Waals surface area contributed by atoms with E-state index >= 15 is 0 Å². The SMILES string of the molecule is C/C=N/NC(=O)CN1CCN(Cc2ccccc2)CC1. The van der Waals surface area contributed by atoms with Crippen LogP contribution in [-0.4, -0.2) is 54.6 Å². The molecule has 1 fully saturated rings. The van der Waals surface area contributed by atoms with Gasteiger partial charge < -0.3 is 0 Å². The Balaban J connectivity index is 1.71. The lowest BCUT2D eigenvalue weighted by Gasteiger charge is -2.34. The molecule has 0 radical (unpaired) electrons. The first-order valence-corrected chi connectivity index (χ1v) is 7.03. The predicted octanol–water partition coefficient (Wildman–Crippen LogP) is 0.926. The number of piperazine rings is 1. The van der Waals surface area contributed by atoms with E-state index in [0.29, 0.717) is 6.54 Å². The molecule has 5 heteroatoms. The highest BCUT2D eigenvalue weighted by Gasteiger charge is 2.18. The van der Waals surface area contributed by atoms with Crippen molar-refractivity contribution in [3.8, 4) is 0 Å². The molecule has 5 nitrogen and oxygen atoms in total. The van der Waals surface area contributed by atoms with Crippen LogP contribution in [0.15, 0.2) is 35.4 Å². The predicted molar refractivity (Wildman–Crippen MR) is 80.5 cm³/mol. The van der Waals surface area contributed by atoms with Crippen molar-refractivity contribution < 1.29 is 4.79 Å². The van der Waals surface area contributed by atoms with Crippen LogP contribution in [0, 0.1) is 0 Å². The van der Waals surface area contributed by atoms with Crippen LogP contribution in [0.5, 0.6) is 0 Å². The van der Waals surface area contributed by atoms with E-state index in [0.717, 1.165) is 32.7 Å². The molecule has 20 heavy (non-hydrogen) atoms. The van der Waals surface area contributed by atoms with E-state index in [1.807, 2.05) is 6.07 Å². The molecular formula is C15H22N4O. The number of amides is 1. The molecule has 0 aliphatic carbocycles. The van der Waals surface area contributed by atoms with Crippen molar-refractivity contribution in [2.75, 3.05) is 32.7 Å². The summed E-state index contributed by atoms with van der Waals surface area (Å²) in [5.41, 5.74) is 3.85. The molecule has 0 aromatic heterocycles. The average Bonchev–Trinajstić information content (AvgIpc) is 2.48. The summed E-state index contributed by atoms with van der Waals surface area (Å²) in [6, 6.07) is 10.5. The third-order valence-electron chi connectivity index (χ3n) is 3.40. The maximum absolute atomic E-state index is 11.6. The number of carbonyl (C=O) groups excluding carboxylic acids is 1. The number of hydrogen-bond acceptors (Lipinski definition) is 4. The first-order valence-electron chi connectivity index (χ1n) is 7.03. The van der Waals surface area contributed by atoms with E-state index in [-0.39, 0.29) is 5.91 Å². The van der Waals surface area contributed by atoms with Gasteiger partial charge in [-0.15, -0.1) is 0 Å². The molecule has 1 N–H and O–H groups in total. The molecule has 1 aromatic rings. The maximum Gasteiger partial charge on any atom is 0.254 e. The Morgan fingerprint density at radius 2 is 1.85 bits per heavy atom. The van der Waals surface area contributed by atoms with Gasteiger partial charge in [0, 0.05) is 38.9 Å². The second-order valence-corrected chi connectivity index (χ2v) is 4.96. The minimum Gasteiger partial charge on any atom is -0.297 e. The van der Waals surface area contributed by atoms with Gasteiger partial charge in [-0.25, -0.2) is 5.43 Å². The highest BCUT2D eigenvalue weighted by atomic mass is 16.2. The highest BCUT2D eigenvalue weighted by Crippen LogP contribution is 2.08. The molecule has 1 amide bonds. The van der Waals surface area contributed by atoms with Crippen molar-refractivity contribution >= 4 is 12.1 Å². The van der Waals surface area contributed by atoms with E-state index in [1.54, 1.807) is 13.1 Å². The molecule has 1 aromatic carbocycles. The van der Waals surface area contributed by atoms with Crippen LogP contribution < -0.4 is 5.43 Å². The van der Waals surface area contributed by atoms with Crippen LogP contribution >= 0.6 is 0 Å². The lowest BCUT2D eigenvalue weighted by molar-refractivity contribution is -0.122. The second kappa shape index (κ2) is 7.77. The van der Waals surface area contributed by atoms with Gasteiger partial charge >= 0.3 is 0 Å². The third-order valence-corrected chi connectivity index (χ3v) is 3.40. The van der Waals surface area contributed by atoms with Crippen molar-refractivity contribution in [2.45, 2.75) is 13.5 Å². The molecule has 2 rings (SSSR count). The van der Waals surface area contributed by atoms with Gasteiger partial charge in [0.1, 0.15) is 0 Å². The van der Waals surface area contributed by atoms with E-state index in [4.69, 9.17) is 0 Å². The molecule has 0 spiro atoms. The summed E-state index contributed by atoms with van der Waals surface area (Å²) < 4.78 is 0. The Bertz CT molecular complexity index is 438. The van der Waals surface area contributed by atoms with Gasteiger partial charge in [-0.1, -0.05) is 30.3 Å². The molecular weight excluding hydrogens is 252 g/mol. The Morgan fingerprint density at radius 3 is 2.50 bits per heavy atom. The van der Waals surface area contributed by atoms with Gasteiger partial charge in [-0.3, -0.25) is 14.6 Å². The van der Waals surface area contributed by atoms with Gasteiger partial charge in [0.15, 0.2) is 0 Å². The maximum atomic E-state index is 11.6. The lowest BCUT2D eigenvalue weighted by atomic mass is 10.2. The van der Waals surface area contributed by atoms with Crippen molar-refractivity contribution in [3.63, 3.8) is 0 Å². The molecule has 0 saturated carbocycles. The molecule has 0 atom stereocenters. The zero-order valence-electron chi connectivity index (χ0n) is 12.0. The van der Waals surface area contributed by atoms with Gasteiger partial charge in [-0.05, 0) is 12.5 Å². The number of nitrogens with one attached hydrogen (secondary N) is 1. The van der Waals surface area contributed by atoms with Crippen molar-refractivity contribution in [1.29, 1.82) is 0 Å². The Labute approximate surface area is 120 Å². The van der Waals surface area contributed by atoms with Gasteiger partial charge in [0.25, 0.3) is 5.91 Å². The summed E-state index contributed by atoms with van der Waals surface area (Å²) in [7, 11) is 0. The lowest BCUT2D eigenvalue weighted by Crippen LogP contribution is -2.48. The van der Waals surface area contributed by atoms with E-state index in [9.17, 15) is 4.79 Å². The van der Waals surface area contributed by atoms with Crippen LogP contribution in [0.25, 0.3) is 0 Å². The fourth-order valence-corrected chi connectivity index (χ4v) is 2.32. The smallest absolute Gasteiger partial charge is 0.254 e. The molecule has 0 unspecified atom stereocenters. The van der Waals surface area contributed by atoms with Crippen molar-refractivity contribution in [2.24, 2.45) is 5.10 Å². The van der Waals surface area contributed by atoms with Crippen molar-refractivity contribution in [1.82, 2.24) is 15.2 Å². The molecule has 108 valence electrons. The third kappa shape index (κ3) is 4.75. The normalized spacial score (nSPS) is 17.4. The summed E-state index contributed by atoms with van der Waals surface area (Å²) in [5.74, 6) is -0.0420. The van der Waals surface area contributed by atoms with Crippen LogP contribution in [-0.2, 0) is 11.3 Å². The van der Waals surface area contributed by atoms with Crippen LogP contribution in [0.2, 0.25) is 0 Å². The number of rotatable bonds is 5. The number of carbonyl (C=O) groups is 1. The van der Waals surface area contributed by atoms with Crippen LogP contribution in [0.4, 0.5) is 0 Å². The van der Waals surface area contributed by atoms with E-state index in [1.165, 1.54) is 5.56 Å². The summed E-state index contributed by atoms with van der Waals surface area (Å²) >= 11 is 0. The van der Waals surface area contributed by atoms with Crippen LogP contribution in [0.1, 0.15) is 12.5 Å². The summed E-state index contributed by atoms with van der Waals surface area (Å²) in [4.78, 5) is 16.2. The Kier molecular flexibility index (Phi) is 5.70. The van der Waals surface area contributed by atoms with Crippen LogP contribution in [0.3, 0.4) is 0 Å². The van der Waals surface area contributed by atoms with Gasteiger partial charge in [0.05, 0.1) is 6.54 Å². The zero-order chi connectivity index (χ0) is 14.2. The van der Waals surface area contributed by atoms with Gasteiger partial charge in [-0.2, -0.15) is 5.10 Å². The number of nitrogens with zero attached hydrogens (tertiary/aromatic N) is 3. The van der Waals surface area contributed by atoms with E-state index < -0.39 is 0 Å². The molecule has 1 aliphatic heterocycles. The first kappa shape index (κ1) is 14.7. The standard InChI is InChI=1S/C15H22N4O/c1-2-16-17-15(20)13-19-10-8-18(9-11-19)12-14-6-4-3-5-7-14/h2-7H,8-13H2,1H3,(H,17,20)/b16-2+. The summed E-state index contributed by atoms with van der Waals surface area (Å²) in [6.07, 6.45) is 1.58. The Hall–Kier alpha value is -1.72. The zero-order valence-corrected chi connectivity index (χ0v) is 12.0. The number of benzene rings is 1. The molecule has 0 bridgehead atoms. The first-order chi connectivity index (χ1) is 9.78. The van der Waals surface area contributed by atoms with E-state index in [2.05, 4.69) is 44.6 Å².